The summed E-state index contributed by atoms with van der Waals surface area (Å²) in [6.45, 7) is 4.44. The molecule has 1 amide bonds. The molecule has 0 aliphatic carbocycles. The molecule has 0 spiro atoms. The van der Waals surface area contributed by atoms with Crippen LogP contribution < -0.4 is 5.32 Å². The second-order valence-electron chi connectivity index (χ2n) is 6.32. The minimum Gasteiger partial charge on any atom is -0.339 e. The molecule has 2 heterocycles. The van der Waals surface area contributed by atoms with Crippen molar-refractivity contribution in [1.82, 2.24) is 10.2 Å². The highest BCUT2D eigenvalue weighted by Crippen LogP contribution is 2.26. The lowest BCUT2D eigenvalue weighted by molar-refractivity contribution is 0.0669. The Hall–Kier alpha value is -1.13. The van der Waals surface area contributed by atoms with E-state index in [1.165, 1.54) is 18.9 Å². The Morgan fingerprint density at radius 1 is 1.27 bits per heavy atom. The Morgan fingerprint density at radius 2 is 2.00 bits per heavy atom. The van der Waals surface area contributed by atoms with E-state index >= 15 is 0 Å². The summed E-state index contributed by atoms with van der Waals surface area (Å²) in [7, 11) is 0. The van der Waals surface area contributed by atoms with Crippen LogP contribution >= 0.6 is 12.4 Å². The second-order valence-corrected chi connectivity index (χ2v) is 6.32. The Balaban J connectivity index is 0.00000176. The standard InChI is InChI=1S/C17H23FN2O.ClH/c1-12-4-5-14(15(18)11-12)17(21)20-9-6-13(7-10-20)16-3-2-8-19-16;/h4-5,11,13,16,19H,2-3,6-10H2,1H3;1H. The summed E-state index contributed by atoms with van der Waals surface area (Å²) in [6.07, 6.45) is 4.57. The number of amides is 1. The first-order chi connectivity index (χ1) is 10.1. The fraction of sp³-hybridized carbons (Fsp3) is 0.588. The molecule has 1 unspecified atom stereocenters. The van der Waals surface area contributed by atoms with Crippen molar-refractivity contribution in [3.8, 4) is 0 Å². The fourth-order valence-electron chi connectivity index (χ4n) is 3.58. The van der Waals surface area contributed by atoms with Gasteiger partial charge >= 0.3 is 0 Å². The number of hydrogen-bond donors (Lipinski definition) is 1. The molecule has 2 fully saturated rings. The van der Waals surface area contributed by atoms with Crippen molar-refractivity contribution in [2.24, 2.45) is 5.92 Å². The number of likely N-dealkylation sites (tertiary alicyclic amines) is 1. The lowest BCUT2D eigenvalue weighted by Gasteiger charge is -2.35. The van der Waals surface area contributed by atoms with Crippen LogP contribution in [0.1, 0.15) is 41.6 Å². The zero-order chi connectivity index (χ0) is 14.8. The molecule has 0 radical (unpaired) electrons. The highest BCUT2D eigenvalue weighted by molar-refractivity contribution is 5.94. The normalized spacial score (nSPS) is 22.5. The van der Waals surface area contributed by atoms with Gasteiger partial charge in [0.2, 0.25) is 0 Å². The minimum absolute atomic E-state index is 0. The molecule has 0 bridgehead atoms. The predicted octanol–water partition coefficient (Wildman–Crippen LogP) is 3.16. The molecule has 0 saturated carbocycles. The number of carbonyl (C=O) groups is 1. The topological polar surface area (TPSA) is 32.3 Å². The van der Waals surface area contributed by atoms with E-state index in [9.17, 15) is 9.18 Å². The van der Waals surface area contributed by atoms with Crippen LogP contribution in [0.25, 0.3) is 0 Å². The molecule has 2 aliphatic rings. The van der Waals surface area contributed by atoms with Gasteiger partial charge in [-0.2, -0.15) is 0 Å². The van der Waals surface area contributed by atoms with Crippen molar-refractivity contribution in [2.45, 2.75) is 38.6 Å². The van der Waals surface area contributed by atoms with E-state index in [0.717, 1.165) is 38.0 Å². The van der Waals surface area contributed by atoms with E-state index in [2.05, 4.69) is 5.32 Å². The quantitative estimate of drug-likeness (QED) is 0.905. The monoisotopic (exact) mass is 326 g/mol. The van der Waals surface area contributed by atoms with Crippen molar-refractivity contribution in [3.63, 3.8) is 0 Å². The van der Waals surface area contributed by atoms with Gasteiger partial charge in [-0.25, -0.2) is 4.39 Å². The van der Waals surface area contributed by atoms with Crippen molar-refractivity contribution >= 4 is 18.3 Å². The highest BCUT2D eigenvalue weighted by Gasteiger charge is 2.30. The molecule has 2 aliphatic heterocycles. The molecule has 1 atom stereocenters. The van der Waals surface area contributed by atoms with E-state index in [1.54, 1.807) is 17.0 Å². The van der Waals surface area contributed by atoms with Gasteiger partial charge in [-0.1, -0.05) is 6.07 Å². The number of hydrogen-bond acceptors (Lipinski definition) is 2. The molecule has 122 valence electrons. The zero-order valence-electron chi connectivity index (χ0n) is 13.0. The Kier molecular flexibility index (Phi) is 5.81. The summed E-state index contributed by atoms with van der Waals surface area (Å²) >= 11 is 0. The van der Waals surface area contributed by atoms with Crippen LogP contribution in [-0.2, 0) is 0 Å². The van der Waals surface area contributed by atoms with Crippen LogP contribution in [0.2, 0.25) is 0 Å². The molecule has 3 nitrogen and oxygen atoms in total. The molecule has 22 heavy (non-hydrogen) atoms. The van der Waals surface area contributed by atoms with E-state index in [-0.39, 0.29) is 23.9 Å². The van der Waals surface area contributed by atoms with Gasteiger partial charge in [0, 0.05) is 19.1 Å². The maximum absolute atomic E-state index is 13.9. The van der Waals surface area contributed by atoms with E-state index in [0.29, 0.717) is 12.0 Å². The third kappa shape index (κ3) is 3.61. The fourth-order valence-corrected chi connectivity index (χ4v) is 3.58. The van der Waals surface area contributed by atoms with Gasteiger partial charge < -0.3 is 10.2 Å². The Bertz CT molecular complexity index is 523. The minimum atomic E-state index is -0.403. The summed E-state index contributed by atoms with van der Waals surface area (Å²) in [5.74, 6) is 0.101. The first-order valence-electron chi connectivity index (χ1n) is 7.94. The summed E-state index contributed by atoms with van der Waals surface area (Å²) in [4.78, 5) is 14.2. The third-order valence-electron chi connectivity index (χ3n) is 4.85. The number of benzene rings is 1. The maximum Gasteiger partial charge on any atom is 0.256 e. The van der Waals surface area contributed by atoms with Crippen molar-refractivity contribution in [3.05, 3.63) is 35.1 Å². The van der Waals surface area contributed by atoms with E-state index in [1.807, 2.05) is 6.92 Å². The van der Waals surface area contributed by atoms with Crippen LogP contribution in [0.3, 0.4) is 0 Å². The van der Waals surface area contributed by atoms with Gasteiger partial charge in [0.15, 0.2) is 0 Å². The molecule has 1 aromatic carbocycles. The Morgan fingerprint density at radius 3 is 2.59 bits per heavy atom. The molecular weight excluding hydrogens is 303 g/mol. The van der Waals surface area contributed by atoms with Crippen molar-refractivity contribution < 1.29 is 9.18 Å². The molecule has 3 rings (SSSR count). The van der Waals surface area contributed by atoms with Gasteiger partial charge in [-0.3, -0.25) is 4.79 Å². The van der Waals surface area contributed by atoms with Gasteiger partial charge in [-0.15, -0.1) is 12.4 Å². The van der Waals surface area contributed by atoms with Gasteiger partial charge in [0.1, 0.15) is 5.82 Å². The molecular formula is C17H24ClFN2O. The number of halogens is 2. The number of piperidine rings is 1. The molecule has 1 aromatic rings. The Labute approximate surface area is 137 Å². The number of rotatable bonds is 2. The zero-order valence-corrected chi connectivity index (χ0v) is 13.8. The van der Waals surface area contributed by atoms with Crippen molar-refractivity contribution in [1.29, 1.82) is 0 Å². The number of aryl methyl sites for hydroxylation is 1. The maximum atomic E-state index is 13.9. The second kappa shape index (κ2) is 7.42. The summed E-state index contributed by atoms with van der Waals surface area (Å²) in [5.41, 5.74) is 1.05. The van der Waals surface area contributed by atoms with Crippen LogP contribution in [0.15, 0.2) is 18.2 Å². The molecule has 5 heteroatoms. The van der Waals surface area contributed by atoms with E-state index < -0.39 is 5.82 Å². The SMILES string of the molecule is Cc1ccc(C(=O)N2CCC(C3CCCN3)CC2)c(F)c1.Cl. The number of nitrogens with zero attached hydrogens (tertiary/aromatic N) is 1. The first-order valence-corrected chi connectivity index (χ1v) is 7.94. The van der Waals surface area contributed by atoms with Crippen LogP contribution in [0, 0.1) is 18.7 Å². The van der Waals surface area contributed by atoms with Crippen LogP contribution in [0.5, 0.6) is 0 Å². The summed E-state index contributed by atoms with van der Waals surface area (Å²) in [6, 6.07) is 5.46. The summed E-state index contributed by atoms with van der Waals surface area (Å²) < 4.78 is 13.9. The van der Waals surface area contributed by atoms with Gasteiger partial charge in [0.05, 0.1) is 5.56 Å². The van der Waals surface area contributed by atoms with Gasteiger partial charge in [-0.05, 0) is 62.8 Å². The average molecular weight is 327 g/mol. The third-order valence-corrected chi connectivity index (χ3v) is 4.85. The predicted molar refractivity (Wildman–Crippen MR) is 88.0 cm³/mol. The summed E-state index contributed by atoms with van der Waals surface area (Å²) in [5, 5.41) is 3.55. The average Bonchev–Trinajstić information content (AvgIpc) is 3.01. The first kappa shape index (κ1) is 17.2. The molecule has 2 saturated heterocycles. The van der Waals surface area contributed by atoms with Crippen LogP contribution in [-0.4, -0.2) is 36.5 Å². The van der Waals surface area contributed by atoms with E-state index in [4.69, 9.17) is 0 Å². The lowest BCUT2D eigenvalue weighted by atomic mass is 9.88. The van der Waals surface area contributed by atoms with Gasteiger partial charge in [0.25, 0.3) is 5.91 Å². The lowest BCUT2D eigenvalue weighted by Crippen LogP contribution is -2.43. The number of carbonyl (C=O) groups excluding carboxylic acids is 1. The largest absolute Gasteiger partial charge is 0.339 e. The van der Waals surface area contributed by atoms with Crippen LogP contribution in [0.4, 0.5) is 4.39 Å². The highest BCUT2D eigenvalue weighted by atomic mass is 35.5. The smallest absolute Gasteiger partial charge is 0.256 e. The van der Waals surface area contributed by atoms with Crippen molar-refractivity contribution in [2.75, 3.05) is 19.6 Å². The number of nitrogens with one attached hydrogen (secondary N) is 1. The molecule has 1 N–H and O–H groups in total. The molecule has 0 aromatic heterocycles.